The lowest BCUT2D eigenvalue weighted by Gasteiger charge is -2.18. The third kappa shape index (κ3) is 2.94. The molecule has 0 spiro atoms. The van der Waals surface area contributed by atoms with Gasteiger partial charge >= 0.3 is 0 Å². The van der Waals surface area contributed by atoms with E-state index in [1.54, 1.807) is 12.4 Å². The standard InChI is InChI=1S/C15H20N6/c1-11-18-13(8-14(19-11)20(2)3)12-4-7-21(10-12)15-9-16-5-6-17-15/h5-6,8-9,12H,4,7,10H2,1-3H3/t12-/m0/s1. The van der Waals surface area contributed by atoms with Crippen molar-refractivity contribution in [3.8, 4) is 0 Å². The number of hydrogen-bond donors (Lipinski definition) is 0. The first kappa shape index (κ1) is 13.7. The highest BCUT2D eigenvalue weighted by Crippen LogP contribution is 2.29. The number of nitrogens with zero attached hydrogens (tertiary/aromatic N) is 6. The summed E-state index contributed by atoms with van der Waals surface area (Å²) in [7, 11) is 4.01. The second kappa shape index (κ2) is 5.63. The van der Waals surface area contributed by atoms with Crippen molar-refractivity contribution in [3.63, 3.8) is 0 Å². The van der Waals surface area contributed by atoms with Crippen LogP contribution >= 0.6 is 0 Å². The molecule has 1 fully saturated rings. The average molecular weight is 284 g/mol. The van der Waals surface area contributed by atoms with Gasteiger partial charge in [0.2, 0.25) is 0 Å². The summed E-state index contributed by atoms with van der Waals surface area (Å²) in [6.45, 7) is 3.87. The normalized spacial score (nSPS) is 18.0. The molecule has 0 N–H and O–H groups in total. The fourth-order valence-electron chi connectivity index (χ4n) is 2.68. The third-order valence-electron chi connectivity index (χ3n) is 3.78. The highest BCUT2D eigenvalue weighted by molar-refractivity contribution is 5.42. The van der Waals surface area contributed by atoms with Crippen molar-refractivity contribution < 1.29 is 0 Å². The van der Waals surface area contributed by atoms with E-state index >= 15 is 0 Å². The molecule has 0 saturated carbocycles. The Balaban J connectivity index is 1.80. The van der Waals surface area contributed by atoms with E-state index in [1.807, 2.05) is 32.1 Å². The molecule has 2 aromatic rings. The quantitative estimate of drug-likeness (QED) is 0.854. The molecule has 3 heterocycles. The fourth-order valence-corrected chi connectivity index (χ4v) is 2.68. The minimum Gasteiger partial charge on any atom is -0.363 e. The molecule has 21 heavy (non-hydrogen) atoms. The van der Waals surface area contributed by atoms with Crippen LogP contribution in [-0.4, -0.2) is 47.1 Å². The predicted octanol–water partition coefficient (Wildman–Crippen LogP) is 1.63. The van der Waals surface area contributed by atoms with E-state index in [0.29, 0.717) is 5.92 Å². The second-order valence-corrected chi connectivity index (χ2v) is 5.59. The number of hydrogen-bond acceptors (Lipinski definition) is 6. The van der Waals surface area contributed by atoms with Crippen molar-refractivity contribution in [1.82, 2.24) is 19.9 Å². The van der Waals surface area contributed by atoms with Crippen LogP contribution in [0.15, 0.2) is 24.7 Å². The Hall–Kier alpha value is -2.24. The summed E-state index contributed by atoms with van der Waals surface area (Å²) in [5, 5.41) is 0. The summed E-state index contributed by atoms with van der Waals surface area (Å²) in [4.78, 5) is 21.9. The lowest BCUT2D eigenvalue weighted by Crippen LogP contribution is -2.21. The number of aryl methyl sites for hydroxylation is 1. The van der Waals surface area contributed by atoms with E-state index in [-0.39, 0.29) is 0 Å². The monoisotopic (exact) mass is 284 g/mol. The Bertz CT molecular complexity index is 613. The van der Waals surface area contributed by atoms with Crippen LogP contribution in [0.1, 0.15) is 23.9 Å². The van der Waals surface area contributed by atoms with Gasteiger partial charge in [0, 0.05) is 51.6 Å². The predicted molar refractivity (Wildman–Crippen MR) is 82.7 cm³/mol. The molecule has 1 aliphatic rings. The molecular formula is C15H20N6. The van der Waals surface area contributed by atoms with Gasteiger partial charge in [-0.05, 0) is 13.3 Å². The van der Waals surface area contributed by atoms with Crippen molar-refractivity contribution in [3.05, 3.63) is 36.2 Å². The SMILES string of the molecule is Cc1nc([C@H]2CCN(c3cnccn3)C2)cc(N(C)C)n1. The molecule has 0 radical (unpaired) electrons. The molecule has 3 rings (SSSR count). The molecule has 0 unspecified atom stereocenters. The topological polar surface area (TPSA) is 58.0 Å². The summed E-state index contributed by atoms with van der Waals surface area (Å²) in [6, 6.07) is 2.10. The highest BCUT2D eigenvalue weighted by Gasteiger charge is 2.26. The van der Waals surface area contributed by atoms with Gasteiger partial charge in [0.25, 0.3) is 0 Å². The van der Waals surface area contributed by atoms with Crippen molar-refractivity contribution in [2.45, 2.75) is 19.3 Å². The van der Waals surface area contributed by atoms with Crippen LogP contribution in [0, 0.1) is 6.92 Å². The second-order valence-electron chi connectivity index (χ2n) is 5.59. The van der Waals surface area contributed by atoms with Crippen molar-refractivity contribution >= 4 is 11.6 Å². The first-order chi connectivity index (χ1) is 10.1. The van der Waals surface area contributed by atoms with Crippen molar-refractivity contribution in [1.29, 1.82) is 0 Å². The molecule has 110 valence electrons. The zero-order valence-corrected chi connectivity index (χ0v) is 12.7. The number of aromatic nitrogens is 4. The lowest BCUT2D eigenvalue weighted by atomic mass is 10.0. The van der Waals surface area contributed by atoms with Gasteiger partial charge in [-0.3, -0.25) is 4.98 Å². The van der Waals surface area contributed by atoms with Crippen LogP contribution in [0.2, 0.25) is 0 Å². The summed E-state index contributed by atoms with van der Waals surface area (Å²) in [5.74, 6) is 3.16. The zero-order valence-electron chi connectivity index (χ0n) is 12.7. The first-order valence-corrected chi connectivity index (χ1v) is 7.17. The maximum atomic E-state index is 4.63. The fraction of sp³-hybridized carbons (Fsp3) is 0.467. The van der Waals surface area contributed by atoms with Gasteiger partial charge in [-0.1, -0.05) is 0 Å². The molecule has 6 nitrogen and oxygen atoms in total. The van der Waals surface area contributed by atoms with E-state index in [9.17, 15) is 0 Å². The Morgan fingerprint density at radius 1 is 1.24 bits per heavy atom. The van der Waals surface area contributed by atoms with Crippen molar-refractivity contribution in [2.24, 2.45) is 0 Å². The van der Waals surface area contributed by atoms with Gasteiger partial charge in [0.15, 0.2) is 0 Å². The van der Waals surface area contributed by atoms with Crippen LogP contribution in [-0.2, 0) is 0 Å². The maximum absolute atomic E-state index is 4.63. The van der Waals surface area contributed by atoms with Crippen LogP contribution < -0.4 is 9.80 Å². The summed E-state index contributed by atoms with van der Waals surface area (Å²) in [6.07, 6.45) is 6.34. The minimum atomic E-state index is 0.424. The molecule has 6 heteroatoms. The Kier molecular flexibility index (Phi) is 3.68. The van der Waals surface area contributed by atoms with Gasteiger partial charge in [0.1, 0.15) is 17.5 Å². The lowest BCUT2D eigenvalue weighted by molar-refractivity contribution is 0.730. The highest BCUT2D eigenvalue weighted by atomic mass is 15.2. The van der Waals surface area contributed by atoms with E-state index in [0.717, 1.165) is 42.7 Å². The van der Waals surface area contributed by atoms with E-state index < -0.39 is 0 Å². The summed E-state index contributed by atoms with van der Waals surface area (Å²) in [5.41, 5.74) is 1.12. The number of rotatable bonds is 3. The molecule has 0 aliphatic carbocycles. The van der Waals surface area contributed by atoms with Crippen LogP contribution in [0.5, 0.6) is 0 Å². The molecule has 1 atom stereocenters. The third-order valence-corrected chi connectivity index (χ3v) is 3.78. The van der Waals surface area contributed by atoms with Crippen LogP contribution in [0.3, 0.4) is 0 Å². The molecule has 1 saturated heterocycles. The summed E-state index contributed by atoms with van der Waals surface area (Å²) >= 11 is 0. The van der Waals surface area contributed by atoms with Crippen molar-refractivity contribution in [2.75, 3.05) is 37.0 Å². The molecular weight excluding hydrogens is 264 g/mol. The van der Waals surface area contributed by atoms with E-state index in [4.69, 9.17) is 0 Å². The Morgan fingerprint density at radius 3 is 2.81 bits per heavy atom. The molecule has 0 amide bonds. The smallest absolute Gasteiger partial charge is 0.147 e. The van der Waals surface area contributed by atoms with Crippen LogP contribution in [0.25, 0.3) is 0 Å². The van der Waals surface area contributed by atoms with Gasteiger partial charge in [-0.2, -0.15) is 0 Å². The first-order valence-electron chi connectivity index (χ1n) is 7.17. The van der Waals surface area contributed by atoms with Crippen LogP contribution in [0.4, 0.5) is 11.6 Å². The molecule has 2 aromatic heterocycles. The van der Waals surface area contributed by atoms with Gasteiger partial charge in [-0.25, -0.2) is 15.0 Å². The number of anilines is 2. The summed E-state index contributed by atoms with van der Waals surface area (Å²) < 4.78 is 0. The molecule has 0 bridgehead atoms. The van der Waals surface area contributed by atoms with Gasteiger partial charge in [-0.15, -0.1) is 0 Å². The van der Waals surface area contributed by atoms with E-state index in [1.165, 1.54) is 0 Å². The largest absolute Gasteiger partial charge is 0.363 e. The van der Waals surface area contributed by atoms with Gasteiger partial charge in [0.05, 0.1) is 11.9 Å². The Labute approximate surface area is 124 Å². The maximum Gasteiger partial charge on any atom is 0.147 e. The zero-order chi connectivity index (χ0) is 14.8. The molecule has 1 aliphatic heterocycles. The molecule has 0 aromatic carbocycles. The van der Waals surface area contributed by atoms with Gasteiger partial charge < -0.3 is 9.80 Å². The van der Waals surface area contributed by atoms with E-state index in [2.05, 4.69) is 30.9 Å². The minimum absolute atomic E-state index is 0.424. The average Bonchev–Trinajstić information content (AvgIpc) is 2.97. The Morgan fingerprint density at radius 2 is 2.10 bits per heavy atom.